The second-order valence-electron chi connectivity index (χ2n) is 2.56. The minimum atomic E-state index is -2.16. The molecular weight excluding hydrogens is 163 g/mol. The molecule has 0 rings (SSSR count). The van der Waals surface area contributed by atoms with E-state index in [9.17, 15) is 0 Å². The monoisotopic (exact) mass is 180 g/mol. The molecule has 0 aromatic heterocycles. The minimum absolute atomic E-state index is 0.0334. The second-order valence-corrected chi connectivity index (χ2v) is 3.27. The molecule has 0 radical (unpaired) electrons. The zero-order valence-corrected chi connectivity index (χ0v) is 8.05. The van der Waals surface area contributed by atoms with E-state index in [-0.39, 0.29) is 6.10 Å². The van der Waals surface area contributed by atoms with Gasteiger partial charge in [0.25, 0.3) is 0 Å². The lowest BCUT2D eigenvalue weighted by atomic mass is 10.1. The molecule has 4 heteroatoms. The van der Waals surface area contributed by atoms with E-state index in [0.717, 1.165) is 25.7 Å². The van der Waals surface area contributed by atoms with Gasteiger partial charge in [-0.05, 0) is 12.8 Å². The molecule has 0 aliphatic carbocycles. The van der Waals surface area contributed by atoms with Gasteiger partial charge in [-0.2, -0.15) is 0 Å². The Kier molecular flexibility index (Phi) is 7.18. The predicted molar refractivity (Wildman–Crippen MR) is 46.0 cm³/mol. The van der Waals surface area contributed by atoms with Gasteiger partial charge in [0.1, 0.15) is 0 Å². The molecule has 0 aliphatic heterocycles. The van der Waals surface area contributed by atoms with Crippen molar-refractivity contribution < 1.29 is 14.3 Å². The van der Waals surface area contributed by atoms with Crippen molar-refractivity contribution in [2.24, 2.45) is 0 Å². The van der Waals surface area contributed by atoms with E-state index in [1.54, 1.807) is 0 Å². The van der Waals surface area contributed by atoms with Crippen molar-refractivity contribution in [2.45, 2.75) is 45.6 Å². The van der Waals surface area contributed by atoms with Crippen molar-refractivity contribution in [3.05, 3.63) is 0 Å². The van der Waals surface area contributed by atoms with E-state index >= 15 is 0 Å². The fraction of sp³-hybridized carbons (Fsp3) is 1.00. The fourth-order valence-corrected chi connectivity index (χ4v) is 1.50. The molecule has 0 aliphatic rings. The molecule has 0 saturated carbocycles. The topological polar surface area (TPSA) is 49.7 Å². The summed E-state index contributed by atoms with van der Waals surface area (Å²) in [5.41, 5.74) is 0. The second kappa shape index (κ2) is 6.99. The van der Waals surface area contributed by atoms with Crippen LogP contribution >= 0.6 is 8.60 Å². The maximum absolute atomic E-state index is 8.57. The Morgan fingerprint density at radius 3 is 1.91 bits per heavy atom. The van der Waals surface area contributed by atoms with Crippen molar-refractivity contribution >= 4 is 8.60 Å². The highest BCUT2D eigenvalue weighted by Crippen LogP contribution is 2.30. The highest BCUT2D eigenvalue weighted by Gasteiger charge is 2.11. The highest BCUT2D eigenvalue weighted by atomic mass is 31.2. The van der Waals surface area contributed by atoms with Gasteiger partial charge in [0.2, 0.25) is 0 Å². The number of rotatable bonds is 6. The minimum Gasteiger partial charge on any atom is -0.328 e. The van der Waals surface area contributed by atoms with Gasteiger partial charge in [0.05, 0.1) is 6.10 Å². The van der Waals surface area contributed by atoms with E-state index in [1.807, 2.05) is 0 Å². The zero-order valence-electron chi connectivity index (χ0n) is 7.16. The Morgan fingerprint density at radius 2 is 1.64 bits per heavy atom. The molecule has 0 aromatic rings. The first-order valence-electron chi connectivity index (χ1n) is 4.05. The van der Waals surface area contributed by atoms with Gasteiger partial charge in [-0.15, -0.1) is 0 Å². The van der Waals surface area contributed by atoms with Crippen LogP contribution in [-0.2, 0) is 4.52 Å². The third kappa shape index (κ3) is 6.70. The molecule has 0 amide bonds. The SMILES string of the molecule is CCCC(CCC)OP(O)O. The Morgan fingerprint density at radius 1 is 1.18 bits per heavy atom. The van der Waals surface area contributed by atoms with Gasteiger partial charge >= 0.3 is 8.60 Å². The first kappa shape index (κ1) is 11.3. The van der Waals surface area contributed by atoms with Gasteiger partial charge in [0.15, 0.2) is 0 Å². The average Bonchev–Trinajstić information content (AvgIpc) is 1.87. The lowest BCUT2D eigenvalue weighted by molar-refractivity contribution is 0.152. The van der Waals surface area contributed by atoms with Crippen LogP contribution in [0.3, 0.4) is 0 Å². The van der Waals surface area contributed by atoms with Crippen LogP contribution in [-0.4, -0.2) is 15.9 Å². The Hall–Kier alpha value is 0.310. The van der Waals surface area contributed by atoms with Gasteiger partial charge in [-0.3, -0.25) is 0 Å². The first-order valence-corrected chi connectivity index (χ1v) is 5.21. The average molecular weight is 180 g/mol. The molecule has 11 heavy (non-hydrogen) atoms. The van der Waals surface area contributed by atoms with Crippen LogP contribution < -0.4 is 0 Å². The van der Waals surface area contributed by atoms with E-state index in [0.29, 0.717) is 0 Å². The smallest absolute Gasteiger partial charge is 0.327 e. The quantitative estimate of drug-likeness (QED) is 0.616. The van der Waals surface area contributed by atoms with Crippen LogP contribution in [0.4, 0.5) is 0 Å². The maximum Gasteiger partial charge on any atom is 0.327 e. The molecule has 68 valence electrons. The van der Waals surface area contributed by atoms with Crippen LogP contribution in [0.15, 0.2) is 0 Å². The van der Waals surface area contributed by atoms with E-state index in [2.05, 4.69) is 13.8 Å². The van der Waals surface area contributed by atoms with Gasteiger partial charge in [0, 0.05) is 0 Å². The molecule has 3 nitrogen and oxygen atoms in total. The van der Waals surface area contributed by atoms with Crippen molar-refractivity contribution in [2.75, 3.05) is 0 Å². The van der Waals surface area contributed by atoms with Crippen LogP contribution in [0.25, 0.3) is 0 Å². The summed E-state index contributed by atoms with van der Waals surface area (Å²) in [7, 11) is -2.16. The Labute approximate surface area is 69.4 Å². The molecule has 0 bridgehead atoms. The summed E-state index contributed by atoms with van der Waals surface area (Å²) in [4.78, 5) is 17.1. The number of hydrogen-bond acceptors (Lipinski definition) is 3. The van der Waals surface area contributed by atoms with Crippen LogP contribution in [0.1, 0.15) is 39.5 Å². The molecule has 0 aromatic carbocycles. The Balaban J connectivity index is 3.50. The van der Waals surface area contributed by atoms with E-state index < -0.39 is 8.60 Å². The molecule has 0 atom stereocenters. The molecular formula is C7H17O3P. The van der Waals surface area contributed by atoms with Crippen molar-refractivity contribution in [3.8, 4) is 0 Å². The molecule has 0 unspecified atom stereocenters. The maximum atomic E-state index is 8.57. The summed E-state index contributed by atoms with van der Waals surface area (Å²) in [5, 5.41) is 0. The van der Waals surface area contributed by atoms with Crippen LogP contribution in [0.5, 0.6) is 0 Å². The predicted octanol–water partition coefficient (Wildman–Crippen LogP) is 2.18. The summed E-state index contributed by atoms with van der Waals surface area (Å²) >= 11 is 0. The zero-order chi connectivity index (χ0) is 8.69. The van der Waals surface area contributed by atoms with Crippen LogP contribution in [0, 0.1) is 0 Å². The number of hydrogen-bond donors (Lipinski definition) is 2. The molecule has 2 N–H and O–H groups in total. The van der Waals surface area contributed by atoms with Gasteiger partial charge in [-0.25, -0.2) is 0 Å². The summed E-state index contributed by atoms with van der Waals surface area (Å²) in [5.74, 6) is 0. The first-order chi connectivity index (χ1) is 5.20. The van der Waals surface area contributed by atoms with Crippen LogP contribution in [0.2, 0.25) is 0 Å². The summed E-state index contributed by atoms with van der Waals surface area (Å²) in [6.07, 6.45) is 3.90. The Bertz CT molecular complexity index is 81.8. The van der Waals surface area contributed by atoms with Crippen molar-refractivity contribution in [3.63, 3.8) is 0 Å². The molecule has 0 heterocycles. The van der Waals surface area contributed by atoms with Gasteiger partial charge in [-0.1, -0.05) is 26.7 Å². The summed E-state index contributed by atoms with van der Waals surface area (Å²) in [6.45, 7) is 4.12. The molecule has 0 spiro atoms. The van der Waals surface area contributed by atoms with E-state index in [1.165, 1.54) is 0 Å². The lowest BCUT2D eigenvalue weighted by Gasteiger charge is -2.15. The standard InChI is InChI=1S/C7H17O3P/c1-3-5-7(6-4-2)10-11(8)9/h7-9H,3-6H2,1-2H3. The summed E-state index contributed by atoms with van der Waals surface area (Å²) < 4.78 is 4.91. The van der Waals surface area contributed by atoms with Crippen molar-refractivity contribution in [1.29, 1.82) is 0 Å². The van der Waals surface area contributed by atoms with E-state index in [4.69, 9.17) is 14.3 Å². The summed E-state index contributed by atoms with van der Waals surface area (Å²) in [6, 6.07) is 0. The van der Waals surface area contributed by atoms with Gasteiger partial charge < -0.3 is 14.3 Å². The lowest BCUT2D eigenvalue weighted by Crippen LogP contribution is -2.08. The third-order valence-electron chi connectivity index (χ3n) is 1.46. The third-order valence-corrected chi connectivity index (χ3v) is 1.95. The molecule has 0 saturated heterocycles. The largest absolute Gasteiger partial charge is 0.328 e. The molecule has 0 fully saturated rings. The highest BCUT2D eigenvalue weighted by molar-refractivity contribution is 7.39. The normalized spacial score (nSPS) is 11.5. The fourth-order valence-electron chi connectivity index (χ4n) is 1.03. The van der Waals surface area contributed by atoms with Crippen molar-refractivity contribution in [1.82, 2.24) is 0 Å².